The number of carbonyl (C=O) groups excluding carboxylic acids is 1. The van der Waals surface area contributed by atoms with Crippen LogP contribution in [-0.4, -0.2) is 35.4 Å². The van der Waals surface area contributed by atoms with Gasteiger partial charge in [-0.25, -0.2) is 0 Å². The molecule has 2 nitrogen and oxygen atoms in total. The molecule has 0 aromatic heterocycles. The highest BCUT2D eigenvalue weighted by molar-refractivity contribution is 9.11. The molecule has 0 atom stereocenters. The van der Waals surface area contributed by atoms with Crippen molar-refractivity contribution in [2.45, 2.75) is 0 Å². The van der Waals surface area contributed by atoms with Gasteiger partial charge in [0.25, 0.3) is 5.91 Å². The summed E-state index contributed by atoms with van der Waals surface area (Å²) in [5.41, 5.74) is 0.744. The maximum atomic E-state index is 12.2. The van der Waals surface area contributed by atoms with Gasteiger partial charge in [-0.2, -0.15) is 11.8 Å². The van der Waals surface area contributed by atoms with Crippen LogP contribution in [0.3, 0.4) is 0 Å². The topological polar surface area (TPSA) is 20.3 Å². The molecule has 0 unspecified atom stereocenters. The van der Waals surface area contributed by atoms with E-state index in [1.54, 1.807) is 0 Å². The Bertz CT molecular complexity index is 385. The van der Waals surface area contributed by atoms with Crippen molar-refractivity contribution in [3.63, 3.8) is 0 Å². The highest BCUT2D eigenvalue weighted by atomic mass is 79.9. The van der Waals surface area contributed by atoms with E-state index < -0.39 is 0 Å². The molecule has 0 bridgehead atoms. The van der Waals surface area contributed by atoms with E-state index in [1.165, 1.54) is 0 Å². The molecule has 86 valence electrons. The molecule has 0 N–H and O–H groups in total. The van der Waals surface area contributed by atoms with E-state index in [-0.39, 0.29) is 5.91 Å². The molecule has 1 saturated heterocycles. The van der Waals surface area contributed by atoms with Crippen molar-refractivity contribution in [1.29, 1.82) is 0 Å². The van der Waals surface area contributed by atoms with Gasteiger partial charge in [-0.15, -0.1) is 0 Å². The molecule has 16 heavy (non-hydrogen) atoms. The lowest BCUT2D eigenvalue weighted by Crippen LogP contribution is -2.37. The fraction of sp³-hybridized carbons (Fsp3) is 0.364. The monoisotopic (exact) mass is 363 g/mol. The quantitative estimate of drug-likeness (QED) is 0.761. The number of amides is 1. The molecule has 1 aliphatic heterocycles. The molecule has 0 spiro atoms. The molecule has 1 aromatic carbocycles. The first kappa shape index (κ1) is 12.5. The minimum Gasteiger partial charge on any atom is -0.337 e. The summed E-state index contributed by atoms with van der Waals surface area (Å²) in [5.74, 6) is 2.21. The summed E-state index contributed by atoms with van der Waals surface area (Å²) in [6.45, 7) is 1.71. The van der Waals surface area contributed by atoms with Crippen LogP contribution in [0.4, 0.5) is 0 Å². The van der Waals surface area contributed by atoms with Crippen LogP contribution in [0.1, 0.15) is 10.4 Å². The number of rotatable bonds is 1. The third-order valence-electron chi connectivity index (χ3n) is 2.41. The summed E-state index contributed by atoms with van der Waals surface area (Å²) < 4.78 is 1.85. The minimum absolute atomic E-state index is 0.127. The lowest BCUT2D eigenvalue weighted by molar-refractivity contribution is 0.0772. The van der Waals surface area contributed by atoms with Crippen molar-refractivity contribution >= 4 is 49.5 Å². The molecular formula is C11H11Br2NOS. The molecule has 1 fully saturated rings. The number of hydrogen-bond donors (Lipinski definition) is 0. The van der Waals surface area contributed by atoms with Gasteiger partial charge in [0.1, 0.15) is 0 Å². The second-order valence-electron chi connectivity index (χ2n) is 3.56. The number of benzene rings is 1. The predicted octanol–water partition coefficient (Wildman–Crippen LogP) is 3.40. The third kappa shape index (κ3) is 3.02. The smallest absolute Gasteiger partial charge is 0.253 e. The zero-order valence-electron chi connectivity index (χ0n) is 8.58. The Morgan fingerprint density at radius 3 is 2.25 bits per heavy atom. The van der Waals surface area contributed by atoms with Crippen LogP contribution in [0.25, 0.3) is 0 Å². The highest BCUT2D eigenvalue weighted by Crippen LogP contribution is 2.22. The third-order valence-corrected chi connectivity index (χ3v) is 4.27. The van der Waals surface area contributed by atoms with Crippen LogP contribution in [-0.2, 0) is 0 Å². The summed E-state index contributed by atoms with van der Waals surface area (Å²) in [6.07, 6.45) is 0. The molecule has 0 radical (unpaired) electrons. The first-order valence-corrected chi connectivity index (χ1v) is 7.74. The largest absolute Gasteiger partial charge is 0.337 e. The molecule has 0 saturated carbocycles. The fourth-order valence-corrected chi connectivity index (χ4v) is 3.82. The first-order chi connectivity index (χ1) is 7.66. The summed E-state index contributed by atoms with van der Waals surface area (Å²) in [5, 5.41) is 0. The van der Waals surface area contributed by atoms with Gasteiger partial charge in [0.05, 0.1) is 0 Å². The van der Waals surface area contributed by atoms with E-state index in [0.29, 0.717) is 0 Å². The van der Waals surface area contributed by atoms with Crippen LogP contribution < -0.4 is 0 Å². The van der Waals surface area contributed by atoms with Crippen LogP contribution in [0.5, 0.6) is 0 Å². The Hall–Kier alpha value is -0.000000000000000167. The Balaban J connectivity index is 2.19. The minimum atomic E-state index is 0.127. The summed E-state index contributed by atoms with van der Waals surface area (Å²) in [7, 11) is 0. The first-order valence-electron chi connectivity index (χ1n) is 5.00. The van der Waals surface area contributed by atoms with Gasteiger partial charge < -0.3 is 4.90 Å². The average Bonchev–Trinajstić information content (AvgIpc) is 2.28. The Labute approximate surface area is 116 Å². The van der Waals surface area contributed by atoms with Crippen LogP contribution in [0.2, 0.25) is 0 Å². The fourth-order valence-electron chi connectivity index (χ4n) is 1.63. The van der Waals surface area contributed by atoms with Crippen molar-refractivity contribution in [1.82, 2.24) is 4.90 Å². The molecule has 1 heterocycles. The van der Waals surface area contributed by atoms with Crippen LogP contribution in [0, 0.1) is 0 Å². The Kier molecular flexibility index (Phi) is 4.33. The zero-order chi connectivity index (χ0) is 11.5. The molecule has 1 amide bonds. The normalized spacial score (nSPS) is 16.2. The van der Waals surface area contributed by atoms with Gasteiger partial charge in [0, 0.05) is 39.1 Å². The maximum Gasteiger partial charge on any atom is 0.253 e. The van der Waals surface area contributed by atoms with Gasteiger partial charge >= 0.3 is 0 Å². The van der Waals surface area contributed by atoms with Crippen LogP contribution in [0.15, 0.2) is 27.1 Å². The summed E-state index contributed by atoms with van der Waals surface area (Å²) in [6, 6.07) is 5.67. The van der Waals surface area contributed by atoms with Gasteiger partial charge in [-0.3, -0.25) is 4.79 Å². The van der Waals surface area contributed by atoms with Crippen molar-refractivity contribution in [3.05, 3.63) is 32.7 Å². The molecule has 0 aliphatic carbocycles. The lowest BCUT2D eigenvalue weighted by atomic mass is 10.2. The second kappa shape index (κ2) is 5.56. The van der Waals surface area contributed by atoms with E-state index in [2.05, 4.69) is 31.9 Å². The second-order valence-corrected chi connectivity index (χ2v) is 6.62. The van der Waals surface area contributed by atoms with Crippen LogP contribution >= 0.6 is 43.6 Å². The average molecular weight is 365 g/mol. The van der Waals surface area contributed by atoms with Gasteiger partial charge in [0.2, 0.25) is 0 Å². The van der Waals surface area contributed by atoms with Crippen molar-refractivity contribution in [2.24, 2.45) is 0 Å². The molecule has 2 rings (SSSR count). The maximum absolute atomic E-state index is 12.2. The number of hydrogen-bond acceptors (Lipinski definition) is 2. The van der Waals surface area contributed by atoms with E-state index in [1.807, 2.05) is 34.9 Å². The number of thioether (sulfide) groups is 1. The number of halogens is 2. The lowest BCUT2D eigenvalue weighted by Gasteiger charge is -2.26. The van der Waals surface area contributed by atoms with Gasteiger partial charge in [-0.1, -0.05) is 31.9 Å². The molecule has 5 heteroatoms. The SMILES string of the molecule is O=C(c1cc(Br)cc(Br)c1)N1CCSCC1. The Morgan fingerprint density at radius 1 is 1.12 bits per heavy atom. The number of carbonyl (C=O) groups is 1. The van der Waals surface area contributed by atoms with E-state index >= 15 is 0 Å². The van der Waals surface area contributed by atoms with Gasteiger partial charge in [-0.05, 0) is 18.2 Å². The highest BCUT2D eigenvalue weighted by Gasteiger charge is 2.18. The van der Waals surface area contributed by atoms with E-state index in [0.717, 1.165) is 39.1 Å². The molecule has 1 aliphatic rings. The number of nitrogens with zero attached hydrogens (tertiary/aromatic N) is 1. The van der Waals surface area contributed by atoms with Gasteiger partial charge in [0.15, 0.2) is 0 Å². The van der Waals surface area contributed by atoms with E-state index in [9.17, 15) is 4.79 Å². The molecular weight excluding hydrogens is 354 g/mol. The standard InChI is InChI=1S/C11H11Br2NOS/c12-9-5-8(6-10(13)7-9)11(15)14-1-3-16-4-2-14/h5-7H,1-4H2. The van der Waals surface area contributed by atoms with E-state index in [4.69, 9.17) is 0 Å². The Morgan fingerprint density at radius 2 is 1.69 bits per heavy atom. The summed E-state index contributed by atoms with van der Waals surface area (Å²) >= 11 is 8.71. The molecule has 1 aromatic rings. The van der Waals surface area contributed by atoms with Crippen molar-refractivity contribution < 1.29 is 4.79 Å². The zero-order valence-corrected chi connectivity index (χ0v) is 12.6. The van der Waals surface area contributed by atoms with Crippen molar-refractivity contribution in [3.8, 4) is 0 Å². The van der Waals surface area contributed by atoms with Crippen molar-refractivity contribution in [2.75, 3.05) is 24.6 Å². The summed E-state index contributed by atoms with van der Waals surface area (Å²) in [4.78, 5) is 14.1. The predicted molar refractivity (Wildman–Crippen MR) is 75.1 cm³/mol.